The highest BCUT2D eigenvalue weighted by atomic mass is 16.5. The summed E-state index contributed by atoms with van der Waals surface area (Å²) in [5.74, 6) is 0.857. The van der Waals surface area contributed by atoms with E-state index >= 15 is 0 Å². The second-order valence-corrected chi connectivity index (χ2v) is 5.70. The summed E-state index contributed by atoms with van der Waals surface area (Å²) in [7, 11) is 2.11. The van der Waals surface area contributed by atoms with Crippen LogP contribution in [0.5, 0.6) is 5.75 Å². The zero-order valence-electron chi connectivity index (χ0n) is 13.3. The zero-order valence-corrected chi connectivity index (χ0v) is 13.3. The average Bonchev–Trinajstić information content (AvgIpc) is 2.42. The van der Waals surface area contributed by atoms with Gasteiger partial charge < -0.3 is 14.7 Å². The van der Waals surface area contributed by atoms with Gasteiger partial charge in [0.2, 0.25) is 0 Å². The molecule has 0 heterocycles. The van der Waals surface area contributed by atoms with Gasteiger partial charge in [0.1, 0.15) is 5.75 Å². The molecule has 1 N–H and O–H groups in total. The van der Waals surface area contributed by atoms with Crippen LogP contribution in [0.15, 0.2) is 24.3 Å². The first-order chi connectivity index (χ1) is 9.52. The molecule has 0 aliphatic carbocycles. The van der Waals surface area contributed by atoms with Gasteiger partial charge in [0.15, 0.2) is 0 Å². The monoisotopic (exact) mass is 279 g/mol. The van der Waals surface area contributed by atoms with Crippen LogP contribution in [0.4, 0.5) is 0 Å². The van der Waals surface area contributed by atoms with E-state index in [0.717, 1.165) is 30.8 Å². The molecule has 0 saturated heterocycles. The van der Waals surface area contributed by atoms with Crippen molar-refractivity contribution in [1.82, 2.24) is 4.90 Å². The number of hydrogen-bond acceptors (Lipinski definition) is 3. The van der Waals surface area contributed by atoms with Crippen molar-refractivity contribution >= 4 is 0 Å². The predicted octanol–water partition coefficient (Wildman–Crippen LogP) is 3.63. The number of nitrogens with zero attached hydrogens (tertiary/aromatic N) is 1. The van der Waals surface area contributed by atoms with Crippen LogP contribution >= 0.6 is 0 Å². The van der Waals surface area contributed by atoms with Gasteiger partial charge in [0.05, 0.1) is 12.2 Å². The van der Waals surface area contributed by atoms with Crippen molar-refractivity contribution in [3.63, 3.8) is 0 Å². The van der Waals surface area contributed by atoms with E-state index in [4.69, 9.17) is 4.74 Å². The maximum absolute atomic E-state index is 10.2. The molecule has 20 heavy (non-hydrogen) atoms. The normalized spacial score (nSPS) is 12.9. The summed E-state index contributed by atoms with van der Waals surface area (Å²) in [5.41, 5.74) is 0.963. The van der Waals surface area contributed by atoms with Gasteiger partial charge in [-0.15, -0.1) is 0 Å². The van der Waals surface area contributed by atoms with Crippen LogP contribution in [0.25, 0.3) is 0 Å². The van der Waals surface area contributed by atoms with E-state index in [-0.39, 0.29) is 6.10 Å². The molecule has 1 aromatic carbocycles. The maximum atomic E-state index is 10.2. The molecule has 3 heteroatoms. The predicted molar refractivity (Wildman–Crippen MR) is 84.2 cm³/mol. The van der Waals surface area contributed by atoms with Crippen molar-refractivity contribution in [2.75, 3.05) is 20.1 Å². The molecule has 0 saturated carbocycles. The quantitative estimate of drug-likeness (QED) is 0.749. The molecular weight excluding hydrogens is 250 g/mol. The van der Waals surface area contributed by atoms with Crippen molar-refractivity contribution in [2.45, 2.75) is 52.2 Å². The van der Waals surface area contributed by atoms with E-state index in [0.29, 0.717) is 0 Å². The fourth-order valence-electron chi connectivity index (χ4n) is 2.09. The molecule has 114 valence electrons. The highest BCUT2D eigenvalue weighted by Crippen LogP contribution is 2.21. The molecule has 3 nitrogen and oxygen atoms in total. The molecule has 0 fully saturated rings. The van der Waals surface area contributed by atoms with E-state index in [1.165, 1.54) is 12.8 Å². The number of hydrogen-bond donors (Lipinski definition) is 1. The van der Waals surface area contributed by atoms with Gasteiger partial charge in [-0.2, -0.15) is 0 Å². The van der Waals surface area contributed by atoms with Crippen molar-refractivity contribution < 1.29 is 9.84 Å². The summed E-state index contributed by atoms with van der Waals surface area (Å²) in [6.45, 7) is 8.24. The Bertz CT molecular complexity index is 362. The SMILES string of the molecule is CCCCN(C)CCC(O)c1ccc(OC(C)C)cc1. The molecule has 0 amide bonds. The molecule has 0 aromatic heterocycles. The average molecular weight is 279 g/mol. The third kappa shape index (κ3) is 6.40. The van der Waals surface area contributed by atoms with Crippen LogP contribution < -0.4 is 4.74 Å². The highest BCUT2D eigenvalue weighted by Gasteiger charge is 2.09. The molecule has 0 bridgehead atoms. The zero-order chi connectivity index (χ0) is 15.0. The maximum Gasteiger partial charge on any atom is 0.119 e. The van der Waals surface area contributed by atoms with Crippen molar-refractivity contribution in [2.24, 2.45) is 0 Å². The number of aliphatic hydroxyl groups excluding tert-OH is 1. The van der Waals surface area contributed by atoms with E-state index in [9.17, 15) is 5.11 Å². The van der Waals surface area contributed by atoms with Crippen molar-refractivity contribution in [3.8, 4) is 5.75 Å². The Balaban J connectivity index is 2.41. The summed E-state index contributed by atoms with van der Waals surface area (Å²) in [4.78, 5) is 2.28. The summed E-state index contributed by atoms with van der Waals surface area (Å²) in [5, 5.41) is 10.2. The summed E-state index contributed by atoms with van der Waals surface area (Å²) in [6, 6.07) is 7.77. The molecule has 1 aromatic rings. The van der Waals surface area contributed by atoms with Crippen molar-refractivity contribution in [1.29, 1.82) is 0 Å². The number of benzene rings is 1. The van der Waals surface area contributed by atoms with Gasteiger partial charge in [-0.1, -0.05) is 25.5 Å². The first-order valence-corrected chi connectivity index (χ1v) is 7.66. The van der Waals surface area contributed by atoms with Crippen LogP contribution in [0.3, 0.4) is 0 Å². The lowest BCUT2D eigenvalue weighted by Crippen LogP contribution is -2.22. The lowest BCUT2D eigenvalue weighted by Gasteiger charge is -2.19. The number of rotatable bonds is 9. The van der Waals surface area contributed by atoms with Gasteiger partial charge in [-0.3, -0.25) is 0 Å². The van der Waals surface area contributed by atoms with Gasteiger partial charge >= 0.3 is 0 Å². The molecule has 1 rings (SSSR count). The molecular formula is C17H29NO2. The minimum Gasteiger partial charge on any atom is -0.491 e. The Hall–Kier alpha value is -1.06. The second kappa shape index (κ2) is 8.98. The highest BCUT2D eigenvalue weighted by molar-refractivity contribution is 5.28. The Labute approximate surface area is 123 Å². The topological polar surface area (TPSA) is 32.7 Å². The molecule has 1 atom stereocenters. The molecule has 0 spiro atoms. The number of aliphatic hydroxyl groups is 1. The molecule has 0 radical (unpaired) electrons. The standard InChI is InChI=1S/C17H29NO2/c1-5-6-12-18(4)13-11-17(19)15-7-9-16(10-8-15)20-14(2)3/h7-10,14,17,19H,5-6,11-13H2,1-4H3. The first-order valence-electron chi connectivity index (χ1n) is 7.66. The van der Waals surface area contributed by atoms with Crippen molar-refractivity contribution in [3.05, 3.63) is 29.8 Å². The van der Waals surface area contributed by atoms with Gasteiger partial charge in [-0.25, -0.2) is 0 Å². The summed E-state index contributed by atoms with van der Waals surface area (Å²) >= 11 is 0. The van der Waals surface area contributed by atoms with E-state index in [1.54, 1.807) is 0 Å². The van der Waals surface area contributed by atoms with Crippen LogP contribution in [-0.2, 0) is 0 Å². The summed E-state index contributed by atoms with van der Waals surface area (Å²) in [6.07, 6.45) is 2.98. The minimum absolute atomic E-state index is 0.179. The van der Waals surface area contributed by atoms with Gasteiger partial charge in [0.25, 0.3) is 0 Å². The smallest absolute Gasteiger partial charge is 0.119 e. The fraction of sp³-hybridized carbons (Fsp3) is 0.647. The Morgan fingerprint density at radius 2 is 1.80 bits per heavy atom. The minimum atomic E-state index is -0.396. The lowest BCUT2D eigenvalue weighted by atomic mass is 10.1. The third-order valence-corrected chi connectivity index (χ3v) is 3.31. The summed E-state index contributed by atoms with van der Waals surface area (Å²) < 4.78 is 5.60. The van der Waals surface area contributed by atoms with Crippen LogP contribution in [0, 0.1) is 0 Å². The Morgan fingerprint density at radius 1 is 1.15 bits per heavy atom. The lowest BCUT2D eigenvalue weighted by molar-refractivity contribution is 0.148. The fourth-order valence-corrected chi connectivity index (χ4v) is 2.09. The number of ether oxygens (including phenoxy) is 1. The van der Waals surface area contributed by atoms with E-state index < -0.39 is 6.10 Å². The molecule has 1 unspecified atom stereocenters. The van der Waals surface area contributed by atoms with Gasteiger partial charge in [-0.05, 0) is 58.0 Å². The Morgan fingerprint density at radius 3 is 2.35 bits per heavy atom. The van der Waals surface area contributed by atoms with Crippen LogP contribution in [0.2, 0.25) is 0 Å². The van der Waals surface area contributed by atoms with Crippen LogP contribution in [-0.4, -0.2) is 36.2 Å². The van der Waals surface area contributed by atoms with E-state index in [1.807, 2.05) is 38.1 Å². The first kappa shape index (κ1) is 17.0. The molecule has 0 aliphatic heterocycles. The third-order valence-electron chi connectivity index (χ3n) is 3.31. The second-order valence-electron chi connectivity index (χ2n) is 5.70. The largest absolute Gasteiger partial charge is 0.491 e. The number of unbranched alkanes of at least 4 members (excludes halogenated alkanes) is 1. The molecule has 0 aliphatic rings. The Kier molecular flexibility index (Phi) is 7.63. The van der Waals surface area contributed by atoms with E-state index in [2.05, 4.69) is 18.9 Å². The van der Waals surface area contributed by atoms with Gasteiger partial charge in [0, 0.05) is 6.54 Å². The van der Waals surface area contributed by atoms with Crippen LogP contribution in [0.1, 0.15) is 51.7 Å².